The van der Waals surface area contributed by atoms with Crippen molar-refractivity contribution in [3.63, 3.8) is 0 Å². The molecule has 1 aliphatic heterocycles. The molecule has 0 spiro atoms. The van der Waals surface area contributed by atoms with E-state index in [-0.39, 0.29) is 5.91 Å². The molecule has 4 nitrogen and oxygen atoms in total. The Bertz CT molecular complexity index is 436. The smallest absolute Gasteiger partial charge is 0.251 e. The number of rotatable bonds is 6. The summed E-state index contributed by atoms with van der Waals surface area (Å²) in [5.41, 5.74) is 1.93. The molecule has 4 heteroatoms. The summed E-state index contributed by atoms with van der Waals surface area (Å²) >= 11 is 0. The Kier molecular flexibility index (Phi) is 6.21. The molecule has 21 heavy (non-hydrogen) atoms. The zero-order valence-corrected chi connectivity index (χ0v) is 13.3. The number of carbonyl (C=O) groups is 1. The Morgan fingerprint density at radius 3 is 2.43 bits per heavy atom. The molecule has 1 aromatic carbocycles. The number of carbonyl (C=O) groups excluding carboxylic acids is 1. The minimum absolute atomic E-state index is 0.0367. The first-order valence-corrected chi connectivity index (χ1v) is 7.91. The highest BCUT2D eigenvalue weighted by Crippen LogP contribution is 2.04. The van der Waals surface area contributed by atoms with E-state index in [1.165, 1.54) is 31.7 Å². The van der Waals surface area contributed by atoms with Crippen LogP contribution in [0.1, 0.15) is 28.8 Å². The Hall–Kier alpha value is -1.39. The van der Waals surface area contributed by atoms with Gasteiger partial charge in [-0.1, -0.05) is 17.7 Å². The predicted molar refractivity (Wildman–Crippen MR) is 86.7 cm³/mol. The third-order valence-electron chi connectivity index (χ3n) is 4.10. The van der Waals surface area contributed by atoms with Crippen molar-refractivity contribution in [1.82, 2.24) is 15.1 Å². The van der Waals surface area contributed by atoms with Crippen LogP contribution < -0.4 is 5.32 Å². The molecule has 1 saturated heterocycles. The largest absolute Gasteiger partial charge is 0.352 e. The lowest BCUT2D eigenvalue weighted by Crippen LogP contribution is -2.44. The highest BCUT2D eigenvalue weighted by molar-refractivity contribution is 5.94. The normalized spacial score (nSPS) is 16.9. The molecular formula is C17H27N3O. The van der Waals surface area contributed by atoms with Crippen molar-refractivity contribution in [1.29, 1.82) is 0 Å². The zero-order valence-electron chi connectivity index (χ0n) is 13.3. The number of likely N-dealkylation sites (N-methyl/N-ethyl adjacent to an activating group) is 1. The number of aryl methyl sites for hydroxylation is 1. The first kappa shape index (κ1) is 16.0. The molecule has 2 rings (SSSR count). The van der Waals surface area contributed by atoms with Gasteiger partial charge >= 0.3 is 0 Å². The molecule has 1 N–H and O–H groups in total. The second-order valence-corrected chi connectivity index (χ2v) is 5.97. The second-order valence-electron chi connectivity index (χ2n) is 5.97. The minimum Gasteiger partial charge on any atom is -0.352 e. The Labute approximate surface area is 128 Å². The molecule has 0 bridgehead atoms. The molecule has 1 aliphatic rings. The summed E-state index contributed by atoms with van der Waals surface area (Å²) in [4.78, 5) is 16.8. The van der Waals surface area contributed by atoms with Crippen LogP contribution in [-0.4, -0.2) is 62.0 Å². The molecule has 1 aromatic rings. The van der Waals surface area contributed by atoms with Crippen molar-refractivity contribution in [2.75, 3.05) is 46.3 Å². The molecule has 0 atom stereocenters. The van der Waals surface area contributed by atoms with Crippen LogP contribution in [0.2, 0.25) is 0 Å². The van der Waals surface area contributed by atoms with Gasteiger partial charge in [-0.05, 0) is 45.5 Å². The summed E-state index contributed by atoms with van der Waals surface area (Å²) < 4.78 is 0. The minimum atomic E-state index is 0.0367. The molecule has 0 aliphatic carbocycles. The number of unbranched alkanes of at least 4 members (excludes halogenated alkanes) is 1. The summed E-state index contributed by atoms with van der Waals surface area (Å²) in [5, 5.41) is 3.00. The van der Waals surface area contributed by atoms with Gasteiger partial charge in [-0.25, -0.2) is 0 Å². The molecule has 0 unspecified atom stereocenters. The Balaban J connectivity index is 1.57. The van der Waals surface area contributed by atoms with E-state index in [1.807, 2.05) is 31.2 Å². The van der Waals surface area contributed by atoms with Crippen molar-refractivity contribution in [3.8, 4) is 0 Å². The lowest BCUT2D eigenvalue weighted by atomic mass is 10.1. The van der Waals surface area contributed by atoms with Gasteiger partial charge in [-0.15, -0.1) is 0 Å². The lowest BCUT2D eigenvalue weighted by molar-refractivity contribution is 0.0952. The average molecular weight is 289 g/mol. The summed E-state index contributed by atoms with van der Waals surface area (Å²) in [6, 6.07) is 7.72. The van der Waals surface area contributed by atoms with E-state index in [1.54, 1.807) is 0 Å². The van der Waals surface area contributed by atoms with E-state index in [0.717, 1.165) is 31.5 Å². The maximum atomic E-state index is 11.9. The molecule has 0 radical (unpaired) electrons. The van der Waals surface area contributed by atoms with Crippen molar-refractivity contribution in [2.24, 2.45) is 0 Å². The molecular weight excluding hydrogens is 262 g/mol. The summed E-state index contributed by atoms with van der Waals surface area (Å²) in [5.74, 6) is 0.0367. The number of benzene rings is 1. The molecule has 0 saturated carbocycles. The van der Waals surface area contributed by atoms with Gasteiger partial charge in [0.1, 0.15) is 0 Å². The van der Waals surface area contributed by atoms with E-state index >= 15 is 0 Å². The van der Waals surface area contributed by atoms with Crippen molar-refractivity contribution < 1.29 is 4.79 Å². The van der Waals surface area contributed by atoms with E-state index in [2.05, 4.69) is 22.2 Å². The maximum Gasteiger partial charge on any atom is 0.251 e. The van der Waals surface area contributed by atoms with E-state index in [9.17, 15) is 4.79 Å². The Morgan fingerprint density at radius 2 is 1.76 bits per heavy atom. The van der Waals surface area contributed by atoms with E-state index in [4.69, 9.17) is 0 Å². The van der Waals surface area contributed by atoms with Crippen LogP contribution in [0.4, 0.5) is 0 Å². The van der Waals surface area contributed by atoms with Gasteiger partial charge in [0, 0.05) is 38.3 Å². The average Bonchev–Trinajstić information content (AvgIpc) is 2.49. The summed E-state index contributed by atoms with van der Waals surface area (Å²) in [6.07, 6.45) is 2.20. The van der Waals surface area contributed by atoms with Gasteiger partial charge in [0.15, 0.2) is 0 Å². The number of hydrogen-bond donors (Lipinski definition) is 1. The second kappa shape index (κ2) is 8.15. The standard InChI is InChI=1S/C17H27N3O/c1-15-5-7-16(8-6-15)17(21)18-9-3-4-10-20-13-11-19(2)12-14-20/h5-8H,3-4,9-14H2,1-2H3,(H,18,21). The van der Waals surface area contributed by atoms with Crippen LogP contribution in [0.15, 0.2) is 24.3 Å². The number of piperazine rings is 1. The summed E-state index contributed by atoms with van der Waals surface area (Å²) in [7, 11) is 2.18. The number of nitrogens with zero attached hydrogens (tertiary/aromatic N) is 2. The molecule has 1 fully saturated rings. The molecule has 1 amide bonds. The van der Waals surface area contributed by atoms with Gasteiger partial charge in [-0.3, -0.25) is 4.79 Å². The summed E-state index contributed by atoms with van der Waals surface area (Å²) in [6.45, 7) is 8.63. The van der Waals surface area contributed by atoms with Gasteiger partial charge in [0.2, 0.25) is 0 Å². The quantitative estimate of drug-likeness (QED) is 0.811. The first-order chi connectivity index (χ1) is 10.1. The maximum absolute atomic E-state index is 11.9. The third kappa shape index (κ3) is 5.48. The first-order valence-electron chi connectivity index (χ1n) is 7.91. The van der Waals surface area contributed by atoms with E-state index in [0.29, 0.717) is 0 Å². The number of amides is 1. The number of nitrogens with one attached hydrogen (secondary N) is 1. The van der Waals surface area contributed by atoms with Crippen molar-refractivity contribution in [3.05, 3.63) is 35.4 Å². The zero-order chi connectivity index (χ0) is 15.1. The van der Waals surface area contributed by atoms with Crippen molar-refractivity contribution >= 4 is 5.91 Å². The topological polar surface area (TPSA) is 35.6 Å². The highest BCUT2D eigenvalue weighted by Gasteiger charge is 2.12. The molecule has 0 aromatic heterocycles. The fourth-order valence-corrected chi connectivity index (χ4v) is 2.54. The fourth-order valence-electron chi connectivity index (χ4n) is 2.54. The van der Waals surface area contributed by atoms with Gasteiger partial charge < -0.3 is 15.1 Å². The van der Waals surface area contributed by atoms with Crippen LogP contribution in [0, 0.1) is 6.92 Å². The van der Waals surface area contributed by atoms with Gasteiger partial charge in [-0.2, -0.15) is 0 Å². The van der Waals surface area contributed by atoms with Crippen LogP contribution >= 0.6 is 0 Å². The highest BCUT2D eigenvalue weighted by atomic mass is 16.1. The molecule has 1 heterocycles. The SMILES string of the molecule is Cc1ccc(C(=O)NCCCCN2CCN(C)CC2)cc1. The Morgan fingerprint density at radius 1 is 1.10 bits per heavy atom. The van der Waals surface area contributed by atoms with E-state index < -0.39 is 0 Å². The van der Waals surface area contributed by atoms with Crippen LogP contribution in [0.25, 0.3) is 0 Å². The fraction of sp³-hybridized carbons (Fsp3) is 0.588. The monoisotopic (exact) mass is 289 g/mol. The molecule has 116 valence electrons. The van der Waals surface area contributed by atoms with Crippen molar-refractivity contribution in [2.45, 2.75) is 19.8 Å². The van der Waals surface area contributed by atoms with Crippen LogP contribution in [0.5, 0.6) is 0 Å². The van der Waals surface area contributed by atoms with Gasteiger partial charge in [0.05, 0.1) is 0 Å². The number of hydrogen-bond acceptors (Lipinski definition) is 3. The van der Waals surface area contributed by atoms with Crippen LogP contribution in [0.3, 0.4) is 0 Å². The van der Waals surface area contributed by atoms with Crippen LogP contribution in [-0.2, 0) is 0 Å². The predicted octanol–water partition coefficient (Wildman–Crippen LogP) is 1.75. The van der Waals surface area contributed by atoms with Gasteiger partial charge in [0.25, 0.3) is 5.91 Å². The third-order valence-corrected chi connectivity index (χ3v) is 4.10. The lowest BCUT2D eigenvalue weighted by Gasteiger charge is -2.32.